The van der Waals surface area contributed by atoms with Crippen molar-refractivity contribution < 1.29 is 18.8 Å². The fraction of sp³-hybridized carbons (Fsp3) is 0.591. The molecule has 5 rings (SSSR count). The summed E-state index contributed by atoms with van der Waals surface area (Å²) in [6.45, 7) is 1.09. The predicted molar refractivity (Wildman–Crippen MR) is 111 cm³/mol. The number of piperazine rings is 1. The molecule has 160 valence electrons. The van der Waals surface area contributed by atoms with Crippen molar-refractivity contribution >= 4 is 29.5 Å². The van der Waals surface area contributed by atoms with Crippen molar-refractivity contribution in [3.8, 4) is 0 Å². The largest absolute Gasteiger partial charge is 0.350 e. The van der Waals surface area contributed by atoms with Gasteiger partial charge in [0.15, 0.2) is 0 Å². The van der Waals surface area contributed by atoms with Gasteiger partial charge in [-0.25, -0.2) is 4.39 Å². The van der Waals surface area contributed by atoms with E-state index in [2.05, 4.69) is 5.32 Å². The quantitative estimate of drug-likeness (QED) is 0.774. The molecular weight excluding hydrogens is 405 g/mol. The topological polar surface area (TPSA) is 69.7 Å². The molecule has 0 aromatic heterocycles. The fourth-order valence-electron chi connectivity index (χ4n) is 5.07. The second kappa shape index (κ2) is 7.87. The molecule has 3 amide bonds. The summed E-state index contributed by atoms with van der Waals surface area (Å²) < 4.78 is 13.1. The van der Waals surface area contributed by atoms with E-state index in [4.69, 9.17) is 0 Å². The molecule has 1 aromatic carbocycles. The van der Waals surface area contributed by atoms with Crippen LogP contribution < -0.4 is 5.32 Å². The summed E-state index contributed by atoms with van der Waals surface area (Å²) in [5.74, 6) is 0.503. The monoisotopic (exact) mass is 431 g/mol. The second-order valence-electron chi connectivity index (χ2n) is 8.75. The van der Waals surface area contributed by atoms with Crippen LogP contribution in [0.4, 0.5) is 4.39 Å². The molecule has 4 fully saturated rings. The lowest BCUT2D eigenvalue weighted by Crippen LogP contribution is -2.66. The average molecular weight is 432 g/mol. The molecule has 0 radical (unpaired) electrons. The van der Waals surface area contributed by atoms with Gasteiger partial charge < -0.3 is 15.1 Å². The summed E-state index contributed by atoms with van der Waals surface area (Å²) in [5, 5.41) is 3.10. The van der Waals surface area contributed by atoms with Gasteiger partial charge in [-0.05, 0) is 43.4 Å². The van der Waals surface area contributed by atoms with E-state index in [1.807, 2.05) is 0 Å². The van der Waals surface area contributed by atoms with Crippen LogP contribution in [-0.2, 0) is 20.1 Å². The van der Waals surface area contributed by atoms with E-state index >= 15 is 0 Å². The normalized spacial score (nSPS) is 30.8. The molecule has 1 saturated carbocycles. The van der Waals surface area contributed by atoms with E-state index in [0.717, 1.165) is 31.2 Å². The number of hydrogen-bond donors (Lipinski definition) is 1. The molecule has 4 unspecified atom stereocenters. The molecule has 1 aliphatic carbocycles. The van der Waals surface area contributed by atoms with Crippen LogP contribution in [0.15, 0.2) is 24.3 Å². The van der Waals surface area contributed by atoms with Crippen molar-refractivity contribution in [2.45, 2.75) is 61.2 Å². The Labute approximate surface area is 179 Å². The number of benzene rings is 1. The van der Waals surface area contributed by atoms with Gasteiger partial charge in [-0.15, -0.1) is 0 Å². The van der Waals surface area contributed by atoms with Crippen molar-refractivity contribution in [1.82, 2.24) is 15.1 Å². The summed E-state index contributed by atoms with van der Waals surface area (Å²) in [7, 11) is 0. The van der Waals surface area contributed by atoms with Crippen LogP contribution in [0.5, 0.6) is 0 Å². The van der Waals surface area contributed by atoms with E-state index in [1.54, 1.807) is 33.7 Å². The zero-order chi connectivity index (χ0) is 20.8. The molecule has 1 aromatic rings. The highest BCUT2D eigenvalue weighted by atomic mass is 32.2. The Bertz CT molecular complexity index is 860. The zero-order valence-electron chi connectivity index (χ0n) is 16.8. The Morgan fingerprint density at radius 3 is 2.37 bits per heavy atom. The summed E-state index contributed by atoms with van der Waals surface area (Å²) in [5.41, 5.74) is 1.01. The number of thioether (sulfide) groups is 1. The van der Waals surface area contributed by atoms with E-state index in [1.165, 1.54) is 12.1 Å². The van der Waals surface area contributed by atoms with Crippen molar-refractivity contribution in [2.24, 2.45) is 5.92 Å². The second-order valence-corrected chi connectivity index (χ2v) is 9.98. The molecule has 30 heavy (non-hydrogen) atoms. The fourth-order valence-corrected chi connectivity index (χ4v) is 6.39. The van der Waals surface area contributed by atoms with Crippen molar-refractivity contribution in [3.63, 3.8) is 0 Å². The van der Waals surface area contributed by atoms with Crippen molar-refractivity contribution in [1.29, 1.82) is 0 Å². The summed E-state index contributed by atoms with van der Waals surface area (Å²) in [6, 6.07) is 5.14. The molecule has 8 heteroatoms. The first-order valence-electron chi connectivity index (χ1n) is 10.8. The molecule has 4 aliphatic rings. The molecule has 3 heterocycles. The Morgan fingerprint density at radius 1 is 1.00 bits per heavy atom. The molecule has 6 nitrogen and oxygen atoms in total. The molecular formula is C22H26FN3O3S. The predicted octanol–water partition coefficient (Wildman–Crippen LogP) is 1.93. The summed E-state index contributed by atoms with van der Waals surface area (Å²) >= 11 is 1.66. The molecule has 4 atom stereocenters. The van der Waals surface area contributed by atoms with Crippen LogP contribution in [0.25, 0.3) is 0 Å². The van der Waals surface area contributed by atoms with Crippen LogP contribution in [0.3, 0.4) is 0 Å². The third-order valence-corrected chi connectivity index (χ3v) is 8.42. The lowest BCUT2D eigenvalue weighted by molar-refractivity contribution is -0.157. The standard InChI is InChI=1S/C22H26FN3O3S/c23-15-6-4-13(5-7-15)12-30-17-9-11-26-19(17)22(29)25-10-8-16(18(25)21(26)28)24-20(27)14-2-1-3-14/h4-7,14,16-19H,1-3,8-12H2,(H,24,27). The van der Waals surface area contributed by atoms with E-state index in [0.29, 0.717) is 25.3 Å². The van der Waals surface area contributed by atoms with Crippen molar-refractivity contribution in [2.75, 3.05) is 13.1 Å². The molecule has 0 bridgehead atoms. The number of hydrogen-bond acceptors (Lipinski definition) is 4. The minimum atomic E-state index is -0.557. The first-order chi connectivity index (χ1) is 14.5. The van der Waals surface area contributed by atoms with Gasteiger partial charge in [0.2, 0.25) is 17.7 Å². The number of nitrogens with zero attached hydrogens (tertiary/aromatic N) is 2. The lowest BCUT2D eigenvalue weighted by Gasteiger charge is -2.41. The number of carbonyl (C=O) groups is 3. The highest BCUT2D eigenvalue weighted by Crippen LogP contribution is 2.38. The van der Waals surface area contributed by atoms with E-state index < -0.39 is 12.1 Å². The average Bonchev–Trinajstić information content (AvgIpc) is 3.29. The Balaban J connectivity index is 1.26. The first kappa shape index (κ1) is 19.8. The number of amides is 3. The number of fused-ring (bicyclic) bond motifs is 2. The Hall–Kier alpha value is -2.09. The number of nitrogens with one attached hydrogen (secondary N) is 1. The van der Waals surface area contributed by atoms with Crippen LogP contribution in [-0.4, -0.2) is 64.0 Å². The molecule has 1 N–H and O–H groups in total. The summed E-state index contributed by atoms with van der Waals surface area (Å²) in [4.78, 5) is 42.4. The number of rotatable bonds is 5. The third-order valence-electron chi connectivity index (χ3n) is 6.99. The van der Waals surface area contributed by atoms with Crippen LogP contribution in [0.2, 0.25) is 0 Å². The van der Waals surface area contributed by atoms with Gasteiger partial charge in [-0.2, -0.15) is 11.8 Å². The highest BCUT2D eigenvalue weighted by molar-refractivity contribution is 7.99. The van der Waals surface area contributed by atoms with Gasteiger partial charge in [0.25, 0.3) is 0 Å². The maximum atomic E-state index is 13.3. The van der Waals surface area contributed by atoms with Crippen LogP contribution >= 0.6 is 11.8 Å². The minimum absolute atomic E-state index is 0.00843. The number of carbonyl (C=O) groups excluding carboxylic acids is 3. The van der Waals surface area contributed by atoms with E-state index in [-0.39, 0.29) is 40.7 Å². The molecule has 0 spiro atoms. The van der Waals surface area contributed by atoms with E-state index in [9.17, 15) is 18.8 Å². The Kier molecular flexibility index (Phi) is 5.21. The lowest BCUT2D eigenvalue weighted by atomic mass is 9.84. The summed E-state index contributed by atoms with van der Waals surface area (Å²) in [6.07, 6.45) is 4.33. The minimum Gasteiger partial charge on any atom is -0.350 e. The van der Waals surface area contributed by atoms with Gasteiger partial charge in [0.1, 0.15) is 17.9 Å². The molecule has 3 saturated heterocycles. The first-order valence-corrected chi connectivity index (χ1v) is 11.8. The molecule has 3 aliphatic heterocycles. The van der Waals surface area contributed by atoms with Crippen molar-refractivity contribution in [3.05, 3.63) is 35.6 Å². The van der Waals surface area contributed by atoms with Gasteiger partial charge in [0.05, 0.1) is 6.04 Å². The maximum Gasteiger partial charge on any atom is 0.248 e. The smallest absolute Gasteiger partial charge is 0.248 e. The van der Waals surface area contributed by atoms with Gasteiger partial charge in [0, 0.05) is 30.0 Å². The van der Waals surface area contributed by atoms with Gasteiger partial charge in [-0.1, -0.05) is 18.6 Å². The maximum absolute atomic E-state index is 13.3. The number of halogens is 1. The van der Waals surface area contributed by atoms with Crippen LogP contribution in [0.1, 0.15) is 37.7 Å². The third kappa shape index (κ3) is 3.39. The van der Waals surface area contributed by atoms with Gasteiger partial charge >= 0.3 is 0 Å². The SMILES string of the molecule is O=C(NC1CCN2C(=O)C3C(SCc4ccc(F)cc4)CCN3C(=O)C12)C1CCC1. The van der Waals surface area contributed by atoms with Crippen LogP contribution in [0, 0.1) is 11.7 Å². The van der Waals surface area contributed by atoms with Gasteiger partial charge in [-0.3, -0.25) is 14.4 Å². The zero-order valence-corrected chi connectivity index (χ0v) is 17.6. The Morgan fingerprint density at radius 2 is 1.67 bits per heavy atom. The highest BCUT2D eigenvalue weighted by Gasteiger charge is 2.56.